The molecular formula is C17H12F2N4O3. The molecular weight excluding hydrogens is 346 g/mol. The highest BCUT2D eigenvalue weighted by atomic mass is 19.1. The number of nitrogens with two attached hydrogens (primary N) is 1. The number of halogens is 2. The molecule has 0 saturated heterocycles. The van der Waals surface area contributed by atoms with E-state index in [4.69, 9.17) is 10.8 Å². The van der Waals surface area contributed by atoms with E-state index >= 15 is 0 Å². The maximum atomic E-state index is 13.9. The molecule has 3 rings (SSSR count). The lowest BCUT2D eigenvalue weighted by molar-refractivity contribution is 0.0692. The standard InChI is InChI=1S/C17H12F2N4O3/c18-12-7-9(20)8-13(19)15(12)23-6-5-14(22-23)21-16(24)10-3-1-2-4-11(10)17(25)26/h1-8H,20H2,(H,25,26)(H,21,22,24). The summed E-state index contributed by atoms with van der Waals surface area (Å²) in [4.78, 5) is 23.5. The zero-order chi connectivity index (χ0) is 18.8. The van der Waals surface area contributed by atoms with E-state index < -0.39 is 29.2 Å². The van der Waals surface area contributed by atoms with Crippen LogP contribution < -0.4 is 11.1 Å². The van der Waals surface area contributed by atoms with Crippen molar-refractivity contribution in [3.05, 3.63) is 71.4 Å². The number of nitrogens with one attached hydrogen (secondary N) is 1. The highest BCUT2D eigenvalue weighted by Gasteiger charge is 2.18. The molecule has 7 nitrogen and oxygen atoms in total. The van der Waals surface area contributed by atoms with Gasteiger partial charge in [0, 0.05) is 18.0 Å². The summed E-state index contributed by atoms with van der Waals surface area (Å²) < 4.78 is 28.8. The summed E-state index contributed by atoms with van der Waals surface area (Å²) in [5.41, 5.74) is 4.59. The summed E-state index contributed by atoms with van der Waals surface area (Å²) in [6, 6.07) is 8.84. The lowest BCUT2D eigenvalue weighted by atomic mass is 10.1. The van der Waals surface area contributed by atoms with Gasteiger partial charge in [-0.1, -0.05) is 12.1 Å². The summed E-state index contributed by atoms with van der Waals surface area (Å²) in [6.45, 7) is 0. The summed E-state index contributed by atoms with van der Waals surface area (Å²) >= 11 is 0. The van der Waals surface area contributed by atoms with Gasteiger partial charge < -0.3 is 16.2 Å². The Morgan fingerprint density at radius 3 is 2.31 bits per heavy atom. The van der Waals surface area contributed by atoms with Gasteiger partial charge in [-0.2, -0.15) is 0 Å². The van der Waals surface area contributed by atoms with Gasteiger partial charge in [-0.05, 0) is 24.3 Å². The first-order chi connectivity index (χ1) is 12.4. The minimum Gasteiger partial charge on any atom is -0.478 e. The first kappa shape index (κ1) is 17.1. The Balaban J connectivity index is 1.88. The van der Waals surface area contributed by atoms with Crippen LogP contribution in [0.25, 0.3) is 5.69 Å². The SMILES string of the molecule is Nc1cc(F)c(-n2ccc(NC(=O)c3ccccc3C(=O)O)n2)c(F)c1. The number of carboxylic acid groups (broad SMARTS) is 1. The van der Waals surface area contributed by atoms with Crippen LogP contribution in [0, 0.1) is 11.6 Å². The van der Waals surface area contributed by atoms with E-state index in [-0.39, 0.29) is 22.6 Å². The molecule has 3 aromatic rings. The lowest BCUT2D eigenvalue weighted by Crippen LogP contribution is -2.17. The number of aromatic carboxylic acids is 1. The molecule has 1 amide bonds. The third-order valence-electron chi connectivity index (χ3n) is 3.50. The fourth-order valence-electron chi connectivity index (χ4n) is 2.37. The van der Waals surface area contributed by atoms with Crippen molar-refractivity contribution in [1.82, 2.24) is 9.78 Å². The van der Waals surface area contributed by atoms with Gasteiger partial charge in [-0.3, -0.25) is 4.79 Å². The van der Waals surface area contributed by atoms with E-state index in [0.717, 1.165) is 16.8 Å². The van der Waals surface area contributed by atoms with Crippen LogP contribution in [0.3, 0.4) is 0 Å². The van der Waals surface area contributed by atoms with Crippen LogP contribution in [0.15, 0.2) is 48.7 Å². The van der Waals surface area contributed by atoms with E-state index in [1.54, 1.807) is 0 Å². The van der Waals surface area contributed by atoms with Crippen molar-refractivity contribution in [3.8, 4) is 5.69 Å². The van der Waals surface area contributed by atoms with Gasteiger partial charge >= 0.3 is 5.97 Å². The molecule has 0 radical (unpaired) electrons. The highest BCUT2D eigenvalue weighted by molar-refractivity contribution is 6.10. The average molecular weight is 358 g/mol. The second-order valence-electron chi connectivity index (χ2n) is 5.28. The second-order valence-corrected chi connectivity index (χ2v) is 5.28. The molecule has 0 aliphatic heterocycles. The van der Waals surface area contributed by atoms with Crippen molar-refractivity contribution >= 4 is 23.4 Å². The third-order valence-corrected chi connectivity index (χ3v) is 3.50. The minimum atomic E-state index is -1.26. The van der Waals surface area contributed by atoms with Crippen molar-refractivity contribution in [2.75, 3.05) is 11.1 Å². The number of nitrogen functional groups attached to an aromatic ring is 1. The molecule has 4 N–H and O–H groups in total. The molecule has 26 heavy (non-hydrogen) atoms. The number of nitrogens with zero attached hydrogens (tertiary/aromatic N) is 2. The van der Waals surface area contributed by atoms with Crippen molar-refractivity contribution in [3.63, 3.8) is 0 Å². The quantitative estimate of drug-likeness (QED) is 0.621. The van der Waals surface area contributed by atoms with Gasteiger partial charge in [0.15, 0.2) is 17.5 Å². The Hall–Kier alpha value is -3.75. The predicted octanol–water partition coefficient (Wildman–Crippen LogP) is 2.68. The van der Waals surface area contributed by atoms with Crippen LogP contribution >= 0.6 is 0 Å². The maximum Gasteiger partial charge on any atom is 0.336 e. The number of hydrogen-bond donors (Lipinski definition) is 3. The summed E-state index contributed by atoms with van der Waals surface area (Å²) in [5.74, 6) is -3.82. The van der Waals surface area contributed by atoms with Crippen molar-refractivity contribution in [1.29, 1.82) is 0 Å². The zero-order valence-electron chi connectivity index (χ0n) is 13.1. The van der Waals surface area contributed by atoms with Gasteiger partial charge in [0.25, 0.3) is 5.91 Å². The molecule has 0 saturated carbocycles. The Labute approximate surface area is 145 Å². The fourth-order valence-corrected chi connectivity index (χ4v) is 2.37. The van der Waals surface area contributed by atoms with Gasteiger partial charge in [0.2, 0.25) is 0 Å². The molecule has 0 fully saturated rings. The number of benzene rings is 2. The van der Waals surface area contributed by atoms with Crippen LogP contribution in [-0.4, -0.2) is 26.8 Å². The zero-order valence-corrected chi connectivity index (χ0v) is 13.1. The molecule has 2 aromatic carbocycles. The molecule has 9 heteroatoms. The number of hydrogen-bond acceptors (Lipinski definition) is 4. The van der Waals surface area contributed by atoms with Gasteiger partial charge in [0.05, 0.1) is 11.1 Å². The number of aromatic nitrogens is 2. The Morgan fingerprint density at radius 2 is 1.69 bits per heavy atom. The van der Waals surface area contributed by atoms with Gasteiger partial charge in [-0.25, -0.2) is 18.3 Å². The Kier molecular flexibility index (Phi) is 4.36. The van der Waals surface area contributed by atoms with Gasteiger partial charge in [0.1, 0.15) is 5.69 Å². The van der Waals surface area contributed by atoms with E-state index in [1.807, 2.05) is 0 Å². The number of carboxylic acids is 1. The van der Waals surface area contributed by atoms with Gasteiger partial charge in [-0.15, -0.1) is 5.10 Å². The molecule has 1 heterocycles. The Morgan fingerprint density at radius 1 is 1.08 bits per heavy atom. The topological polar surface area (TPSA) is 110 Å². The molecule has 132 valence electrons. The van der Waals surface area contributed by atoms with Crippen LogP contribution in [0.4, 0.5) is 20.3 Å². The Bertz CT molecular complexity index is 994. The molecule has 0 bridgehead atoms. The van der Waals surface area contributed by atoms with Crippen molar-refractivity contribution in [2.24, 2.45) is 0 Å². The summed E-state index contributed by atoms with van der Waals surface area (Å²) in [5, 5.41) is 15.4. The van der Waals surface area contributed by atoms with E-state index in [0.29, 0.717) is 0 Å². The van der Waals surface area contributed by atoms with E-state index in [1.165, 1.54) is 36.5 Å². The average Bonchev–Trinajstić information content (AvgIpc) is 3.01. The molecule has 1 aromatic heterocycles. The molecule has 0 atom stereocenters. The second kappa shape index (κ2) is 6.63. The number of carbonyl (C=O) groups is 2. The molecule has 0 aliphatic carbocycles. The normalized spacial score (nSPS) is 10.5. The van der Waals surface area contributed by atoms with E-state index in [9.17, 15) is 18.4 Å². The highest BCUT2D eigenvalue weighted by Crippen LogP contribution is 2.21. The maximum absolute atomic E-state index is 13.9. The summed E-state index contributed by atoms with van der Waals surface area (Å²) in [7, 11) is 0. The number of amides is 1. The van der Waals surface area contributed by atoms with Crippen LogP contribution in [-0.2, 0) is 0 Å². The van der Waals surface area contributed by atoms with Crippen molar-refractivity contribution in [2.45, 2.75) is 0 Å². The predicted molar refractivity (Wildman–Crippen MR) is 89.2 cm³/mol. The van der Waals surface area contributed by atoms with Crippen molar-refractivity contribution < 1.29 is 23.5 Å². The van der Waals surface area contributed by atoms with Crippen LogP contribution in [0.1, 0.15) is 20.7 Å². The smallest absolute Gasteiger partial charge is 0.336 e. The third kappa shape index (κ3) is 3.22. The molecule has 0 unspecified atom stereocenters. The van der Waals surface area contributed by atoms with Crippen LogP contribution in [0.5, 0.6) is 0 Å². The first-order valence-electron chi connectivity index (χ1n) is 7.31. The number of rotatable bonds is 4. The molecule has 0 spiro atoms. The lowest BCUT2D eigenvalue weighted by Gasteiger charge is -2.07. The first-order valence-corrected chi connectivity index (χ1v) is 7.31. The fraction of sp³-hybridized carbons (Fsp3) is 0. The minimum absolute atomic E-state index is 0.00850. The number of carbonyl (C=O) groups excluding carboxylic acids is 1. The van der Waals surface area contributed by atoms with Crippen LogP contribution in [0.2, 0.25) is 0 Å². The largest absolute Gasteiger partial charge is 0.478 e. The monoisotopic (exact) mass is 358 g/mol. The van der Waals surface area contributed by atoms with E-state index in [2.05, 4.69) is 10.4 Å². The molecule has 0 aliphatic rings. The number of anilines is 2. The summed E-state index contributed by atoms with van der Waals surface area (Å²) in [6.07, 6.45) is 1.25.